The molecular weight excluding hydrogens is 383 g/mol. The molecule has 2 nitrogen and oxygen atoms in total. The van der Waals surface area contributed by atoms with Crippen LogP contribution in [0.2, 0.25) is 0 Å². The van der Waals surface area contributed by atoms with E-state index in [0.29, 0.717) is 11.7 Å². The predicted octanol–water partition coefficient (Wildman–Crippen LogP) is 4.30. The number of piperidine rings is 1. The third kappa shape index (κ3) is 4.42. The fourth-order valence-corrected chi connectivity index (χ4v) is 4.10. The molecule has 1 aliphatic carbocycles. The van der Waals surface area contributed by atoms with Gasteiger partial charge in [-0.15, -0.1) is 17.2 Å². The predicted molar refractivity (Wildman–Crippen MR) is 96.8 cm³/mol. The normalized spacial score (nSPS) is 18.1. The van der Waals surface area contributed by atoms with Gasteiger partial charge in [-0.25, -0.2) is 0 Å². The number of benzene rings is 2. The number of rotatable bonds is 4. The molecule has 0 amide bonds. The van der Waals surface area contributed by atoms with Crippen molar-refractivity contribution in [1.29, 1.82) is 0 Å². The molecule has 25 heavy (non-hydrogen) atoms. The molecule has 1 fully saturated rings. The standard InChI is InChI=1S/C22H24NO.Y/c24-22-20(15-19-8-4-5-9-21(19)22)14-17-10-12-23(13-11-17)16-18-6-2-1-3-7-18;/h1-9,17H,10-16H2;/q-1;. The van der Waals surface area contributed by atoms with Crippen LogP contribution >= 0.6 is 0 Å². The summed E-state index contributed by atoms with van der Waals surface area (Å²) in [6, 6.07) is 18.8. The van der Waals surface area contributed by atoms with Crippen molar-refractivity contribution >= 4 is 5.78 Å². The van der Waals surface area contributed by atoms with Crippen LogP contribution in [0.3, 0.4) is 0 Å². The summed E-state index contributed by atoms with van der Waals surface area (Å²) in [4.78, 5) is 15.1. The van der Waals surface area contributed by atoms with Crippen LogP contribution in [0.25, 0.3) is 0 Å². The first-order valence-corrected chi connectivity index (χ1v) is 9.03. The summed E-state index contributed by atoms with van der Waals surface area (Å²) < 4.78 is 0. The van der Waals surface area contributed by atoms with Gasteiger partial charge in [0.25, 0.3) is 0 Å². The van der Waals surface area contributed by atoms with Crippen molar-refractivity contribution in [2.45, 2.75) is 32.2 Å². The van der Waals surface area contributed by atoms with Crippen LogP contribution in [0.1, 0.15) is 40.7 Å². The minimum Gasteiger partial charge on any atom is -0.331 e. The van der Waals surface area contributed by atoms with E-state index in [4.69, 9.17) is 0 Å². The molecule has 0 atom stereocenters. The van der Waals surface area contributed by atoms with E-state index in [2.05, 4.69) is 41.3 Å². The number of carbonyl (C=O) groups excluding carboxylic acids is 1. The number of nitrogens with zero attached hydrogens (tertiary/aromatic N) is 1. The van der Waals surface area contributed by atoms with Crippen LogP contribution in [0.15, 0.2) is 54.6 Å². The molecule has 0 N–H and O–H groups in total. The molecule has 3 heteroatoms. The molecule has 2 aliphatic rings. The Balaban J connectivity index is 0.00000182. The van der Waals surface area contributed by atoms with Gasteiger partial charge in [0, 0.05) is 45.0 Å². The summed E-state index contributed by atoms with van der Waals surface area (Å²) in [6.45, 7) is 3.34. The zero-order valence-corrected chi connectivity index (χ0v) is 17.5. The van der Waals surface area contributed by atoms with Crippen molar-refractivity contribution in [3.63, 3.8) is 0 Å². The van der Waals surface area contributed by atoms with Crippen molar-refractivity contribution in [1.82, 2.24) is 4.90 Å². The fourth-order valence-electron chi connectivity index (χ4n) is 4.10. The largest absolute Gasteiger partial charge is 0.331 e. The number of Topliss-reactive ketones (excluding diaryl/α,β-unsaturated/α-hetero) is 1. The van der Waals surface area contributed by atoms with E-state index in [0.717, 1.165) is 44.0 Å². The molecule has 2 aromatic carbocycles. The summed E-state index contributed by atoms with van der Waals surface area (Å²) in [7, 11) is 0. The van der Waals surface area contributed by atoms with E-state index < -0.39 is 0 Å². The summed E-state index contributed by atoms with van der Waals surface area (Å²) >= 11 is 0. The minimum absolute atomic E-state index is 0. The van der Waals surface area contributed by atoms with Gasteiger partial charge >= 0.3 is 0 Å². The van der Waals surface area contributed by atoms with E-state index in [-0.39, 0.29) is 32.7 Å². The Morgan fingerprint density at radius 2 is 1.64 bits per heavy atom. The Hall–Kier alpha value is -0.956. The Bertz CT molecular complexity index is 707. The second-order valence-electron chi connectivity index (χ2n) is 7.18. The molecule has 0 spiro atoms. The summed E-state index contributed by atoms with van der Waals surface area (Å²) in [5.74, 6) is 2.11. The van der Waals surface area contributed by atoms with E-state index >= 15 is 0 Å². The van der Waals surface area contributed by atoms with Crippen LogP contribution in [0.4, 0.5) is 0 Å². The SMILES string of the molecule is O=C1c2ccccc2C[C-]1CC1CCN(Cc2ccccc2)CC1.[Y]. The zero-order valence-electron chi connectivity index (χ0n) is 14.7. The van der Waals surface area contributed by atoms with Crippen molar-refractivity contribution in [3.05, 3.63) is 77.2 Å². The number of carbonyl (C=O) groups is 1. The molecular formula is C22H24NOY-. The molecule has 0 saturated carbocycles. The molecule has 2 aromatic rings. The van der Waals surface area contributed by atoms with E-state index in [9.17, 15) is 4.79 Å². The van der Waals surface area contributed by atoms with Crippen molar-refractivity contribution in [2.24, 2.45) is 5.92 Å². The van der Waals surface area contributed by atoms with Gasteiger partial charge in [0.1, 0.15) is 0 Å². The average Bonchev–Trinajstić information content (AvgIpc) is 2.94. The van der Waals surface area contributed by atoms with E-state index in [1.165, 1.54) is 24.0 Å². The van der Waals surface area contributed by atoms with Crippen molar-refractivity contribution < 1.29 is 37.5 Å². The maximum atomic E-state index is 12.5. The molecule has 127 valence electrons. The van der Waals surface area contributed by atoms with Gasteiger partial charge in [0.05, 0.1) is 0 Å². The summed E-state index contributed by atoms with van der Waals surface area (Å²) in [5.41, 5.74) is 3.56. The number of hydrogen-bond acceptors (Lipinski definition) is 2. The van der Waals surface area contributed by atoms with Gasteiger partial charge in [-0.2, -0.15) is 5.92 Å². The third-order valence-corrected chi connectivity index (χ3v) is 5.48. The second-order valence-corrected chi connectivity index (χ2v) is 7.18. The molecule has 1 radical (unpaired) electrons. The average molecular weight is 407 g/mol. The van der Waals surface area contributed by atoms with Crippen LogP contribution in [0, 0.1) is 11.8 Å². The molecule has 0 unspecified atom stereocenters. The smallest absolute Gasteiger partial charge is 0.0280 e. The zero-order chi connectivity index (χ0) is 16.4. The summed E-state index contributed by atoms with van der Waals surface area (Å²) in [5, 5.41) is 0. The van der Waals surface area contributed by atoms with Crippen LogP contribution in [0.5, 0.6) is 0 Å². The monoisotopic (exact) mass is 407 g/mol. The molecule has 1 heterocycles. The third-order valence-electron chi connectivity index (χ3n) is 5.48. The summed E-state index contributed by atoms with van der Waals surface area (Å²) in [6.07, 6.45) is 4.28. The van der Waals surface area contributed by atoms with Gasteiger partial charge in [0.2, 0.25) is 0 Å². The second kappa shape index (κ2) is 8.62. The maximum Gasteiger partial charge on any atom is 0.0280 e. The van der Waals surface area contributed by atoms with E-state index in [1.54, 1.807) is 0 Å². The van der Waals surface area contributed by atoms with Gasteiger partial charge in [-0.05, 0) is 31.5 Å². The van der Waals surface area contributed by atoms with Gasteiger partial charge in [-0.3, -0.25) is 4.90 Å². The first-order chi connectivity index (χ1) is 11.8. The maximum absolute atomic E-state index is 12.5. The number of likely N-dealkylation sites (tertiary alicyclic amines) is 1. The molecule has 1 aliphatic heterocycles. The first-order valence-electron chi connectivity index (χ1n) is 9.03. The van der Waals surface area contributed by atoms with Crippen molar-refractivity contribution in [3.8, 4) is 0 Å². The van der Waals surface area contributed by atoms with Gasteiger partial charge in [0.15, 0.2) is 0 Å². The number of ketones is 1. The fraction of sp³-hybridized carbons (Fsp3) is 0.364. The Kier molecular flexibility index (Phi) is 6.49. The molecule has 0 aromatic heterocycles. The van der Waals surface area contributed by atoms with Crippen LogP contribution in [-0.4, -0.2) is 23.8 Å². The number of fused-ring (bicyclic) bond motifs is 1. The molecule has 0 bridgehead atoms. The van der Waals surface area contributed by atoms with Gasteiger partial charge in [-0.1, -0.05) is 67.3 Å². The Labute approximate surface area is 175 Å². The Morgan fingerprint density at radius 3 is 2.36 bits per heavy atom. The Morgan fingerprint density at radius 1 is 0.960 bits per heavy atom. The molecule has 4 rings (SSSR count). The van der Waals surface area contributed by atoms with Crippen LogP contribution < -0.4 is 0 Å². The number of hydrogen-bond donors (Lipinski definition) is 0. The van der Waals surface area contributed by atoms with Gasteiger partial charge < -0.3 is 4.79 Å². The minimum atomic E-state index is 0. The first kappa shape index (κ1) is 18.8. The quantitative estimate of drug-likeness (QED) is 0.705. The topological polar surface area (TPSA) is 20.3 Å². The van der Waals surface area contributed by atoms with E-state index in [1.807, 2.05) is 18.2 Å². The van der Waals surface area contributed by atoms with Crippen LogP contribution in [-0.2, 0) is 45.7 Å². The molecule has 1 saturated heterocycles. The van der Waals surface area contributed by atoms with Crippen molar-refractivity contribution in [2.75, 3.05) is 13.1 Å².